The topological polar surface area (TPSA) is 54.5 Å². The highest BCUT2D eigenvalue weighted by Crippen LogP contribution is 2.24. The maximum Gasteiger partial charge on any atom is 0.256 e. The Labute approximate surface area is 181 Å². The van der Waals surface area contributed by atoms with Crippen LogP contribution in [-0.4, -0.2) is 51.6 Å². The van der Waals surface area contributed by atoms with E-state index in [9.17, 15) is 4.79 Å². The average molecular weight is 415 g/mol. The van der Waals surface area contributed by atoms with Crippen LogP contribution in [-0.2, 0) is 13.1 Å². The molecule has 3 heterocycles. The van der Waals surface area contributed by atoms with Crippen molar-refractivity contribution in [2.75, 3.05) is 26.2 Å². The minimum Gasteiger partial charge on any atom is -0.360 e. The van der Waals surface area contributed by atoms with Gasteiger partial charge in [0.05, 0.1) is 17.8 Å². The Hall–Kier alpha value is -3.38. The standard InChI is InChI=1S/C25H26N4O2/c1-19-15-21(31-26-19)17-27-11-13-28(14-12-27)25(30)23-18-29(16-20-7-3-2-4-8-20)24-10-6-5-9-22(23)24/h2-10,15,18H,11-14,16-17H2,1H3. The first-order valence-corrected chi connectivity index (χ1v) is 10.7. The Balaban J connectivity index is 1.32. The zero-order valence-corrected chi connectivity index (χ0v) is 17.7. The van der Waals surface area contributed by atoms with Gasteiger partial charge in [0.15, 0.2) is 5.76 Å². The average Bonchev–Trinajstić information content (AvgIpc) is 3.38. The second-order valence-corrected chi connectivity index (χ2v) is 8.18. The summed E-state index contributed by atoms with van der Waals surface area (Å²) in [4.78, 5) is 17.7. The molecule has 2 aromatic heterocycles. The van der Waals surface area contributed by atoms with Crippen LogP contribution in [0.1, 0.15) is 27.4 Å². The molecule has 1 aliphatic heterocycles. The minimum atomic E-state index is 0.109. The highest BCUT2D eigenvalue weighted by atomic mass is 16.5. The molecule has 31 heavy (non-hydrogen) atoms. The SMILES string of the molecule is Cc1cc(CN2CCN(C(=O)c3cn(Cc4ccccc4)c4ccccc34)CC2)on1. The number of rotatable bonds is 5. The zero-order chi connectivity index (χ0) is 21.2. The summed E-state index contributed by atoms with van der Waals surface area (Å²) in [5.41, 5.74) is 3.99. The maximum atomic E-state index is 13.4. The van der Waals surface area contributed by atoms with Crippen molar-refractivity contribution < 1.29 is 9.32 Å². The van der Waals surface area contributed by atoms with Gasteiger partial charge in [-0.1, -0.05) is 53.7 Å². The van der Waals surface area contributed by atoms with Crippen molar-refractivity contribution in [3.8, 4) is 0 Å². The van der Waals surface area contributed by atoms with E-state index in [2.05, 4.69) is 32.8 Å². The highest BCUT2D eigenvalue weighted by Gasteiger charge is 2.25. The van der Waals surface area contributed by atoms with Crippen LogP contribution in [0.2, 0.25) is 0 Å². The Bertz CT molecular complexity index is 1190. The van der Waals surface area contributed by atoms with E-state index in [1.54, 1.807) is 0 Å². The summed E-state index contributed by atoms with van der Waals surface area (Å²) in [6, 6.07) is 20.5. The van der Waals surface area contributed by atoms with Crippen molar-refractivity contribution in [3.05, 3.63) is 89.4 Å². The van der Waals surface area contributed by atoms with Crippen LogP contribution >= 0.6 is 0 Å². The normalized spacial score (nSPS) is 14.9. The third kappa shape index (κ3) is 4.11. The summed E-state index contributed by atoms with van der Waals surface area (Å²) in [5.74, 6) is 0.986. The minimum absolute atomic E-state index is 0.109. The van der Waals surface area contributed by atoms with E-state index in [0.29, 0.717) is 13.1 Å². The van der Waals surface area contributed by atoms with Crippen molar-refractivity contribution >= 4 is 16.8 Å². The smallest absolute Gasteiger partial charge is 0.256 e. The molecule has 1 saturated heterocycles. The third-order valence-corrected chi connectivity index (χ3v) is 5.93. The summed E-state index contributed by atoms with van der Waals surface area (Å²) in [5, 5.41) is 4.97. The number of piperazine rings is 1. The lowest BCUT2D eigenvalue weighted by atomic mass is 10.1. The first kappa shape index (κ1) is 19.6. The number of aromatic nitrogens is 2. The Morgan fingerprint density at radius 3 is 2.45 bits per heavy atom. The van der Waals surface area contributed by atoms with Gasteiger partial charge < -0.3 is 14.0 Å². The summed E-state index contributed by atoms with van der Waals surface area (Å²) in [6.45, 7) is 6.49. The lowest BCUT2D eigenvalue weighted by molar-refractivity contribution is 0.0619. The molecule has 1 amide bonds. The van der Waals surface area contributed by atoms with Gasteiger partial charge in [0.1, 0.15) is 0 Å². The quantitative estimate of drug-likeness (QED) is 0.496. The predicted octanol–water partition coefficient (Wildman–Crippen LogP) is 3.94. The molecule has 1 aliphatic rings. The molecule has 0 N–H and O–H groups in total. The van der Waals surface area contributed by atoms with E-state index in [1.165, 1.54) is 5.56 Å². The molecule has 6 heteroatoms. The van der Waals surface area contributed by atoms with Gasteiger partial charge in [0.25, 0.3) is 5.91 Å². The van der Waals surface area contributed by atoms with Gasteiger partial charge >= 0.3 is 0 Å². The number of carbonyl (C=O) groups excluding carboxylic acids is 1. The van der Waals surface area contributed by atoms with Gasteiger partial charge in [-0.2, -0.15) is 0 Å². The van der Waals surface area contributed by atoms with Crippen molar-refractivity contribution in [1.29, 1.82) is 0 Å². The first-order chi connectivity index (χ1) is 15.2. The number of nitrogens with zero attached hydrogens (tertiary/aromatic N) is 4. The fourth-order valence-corrected chi connectivity index (χ4v) is 4.32. The second kappa shape index (κ2) is 8.40. The third-order valence-electron chi connectivity index (χ3n) is 5.93. The number of benzene rings is 2. The fourth-order valence-electron chi connectivity index (χ4n) is 4.32. The van der Waals surface area contributed by atoms with Crippen molar-refractivity contribution in [3.63, 3.8) is 0 Å². The number of carbonyl (C=O) groups is 1. The van der Waals surface area contributed by atoms with Gasteiger partial charge in [-0.05, 0) is 18.6 Å². The van der Waals surface area contributed by atoms with Crippen molar-refractivity contribution in [2.24, 2.45) is 0 Å². The number of fused-ring (bicyclic) bond motifs is 1. The summed E-state index contributed by atoms with van der Waals surface area (Å²) >= 11 is 0. The fraction of sp³-hybridized carbons (Fsp3) is 0.280. The number of hydrogen-bond acceptors (Lipinski definition) is 4. The van der Waals surface area contributed by atoms with E-state index in [0.717, 1.165) is 54.1 Å². The van der Waals surface area contributed by atoms with Crippen LogP contribution < -0.4 is 0 Å². The predicted molar refractivity (Wildman–Crippen MR) is 120 cm³/mol. The van der Waals surface area contributed by atoms with Crippen LogP contribution in [0.15, 0.2) is 71.4 Å². The summed E-state index contributed by atoms with van der Waals surface area (Å²) in [6.07, 6.45) is 2.02. The van der Waals surface area contributed by atoms with Crippen LogP contribution in [0.5, 0.6) is 0 Å². The molecule has 0 bridgehead atoms. The summed E-state index contributed by atoms with van der Waals surface area (Å²) < 4.78 is 7.52. The van der Waals surface area contributed by atoms with Crippen LogP contribution in [0.3, 0.4) is 0 Å². The number of hydrogen-bond donors (Lipinski definition) is 0. The molecule has 0 saturated carbocycles. The van der Waals surface area contributed by atoms with E-state index in [4.69, 9.17) is 4.52 Å². The van der Waals surface area contributed by atoms with Gasteiger partial charge in [-0.25, -0.2) is 0 Å². The van der Waals surface area contributed by atoms with Crippen LogP contribution in [0, 0.1) is 6.92 Å². The molecule has 4 aromatic rings. The summed E-state index contributed by atoms with van der Waals surface area (Å²) in [7, 11) is 0. The molecule has 0 aliphatic carbocycles. The molecule has 0 radical (unpaired) electrons. The molecule has 0 atom stereocenters. The highest BCUT2D eigenvalue weighted by molar-refractivity contribution is 6.07. The molecule has 6 nitrogen and oxygen atoms in total. The maximum absolute atomic E-state index is 13.4. The number of amides is 1. The lowest BCUT2D eigenvalue weighted by Crippen LogP contribution is -2.48. The Morgan fingerprint density at radius 2 is 1.71 bits per heavy atom. The van der Waals surface area contributed by atoms with E-state index < -0.39 is 0 Å². The Kier molecular flexibility index (Phi) is 5.30. The lowest BCUT2D eigenvalue weighted by Gasteiger charge is -2.34. The zero-order valence-electron chi connectivity index (χ0n) is 17.7. The molecule has 2 aromatic carbocycles. The largest absolute Gasteiger partial charge is 0.360 e. The van der Waals surface area contributed by atoms with Gasteiger partial charge in [-0.15, -0.1) is 0 Å². The number of aryl methyl sites for hydroxylation is 1. The number of para-hydroxylation sites is 1. The van der Waals surface area contributed by atoms with Gasteiger partial charge in [0.2, 0.25) is 0 Å². The molecular weight excluding hydrogens is 388 g/mol. The van der Waals surface area contributed by atoms with E-state index >= 15 is 0 Å². The van der Waals surface area contributed by atoms with Crippen molar-refractivity contribution in [1.82, 2.24) is 19.5 Å². The molecule has 5 rings (SSSR count). The monoisotopic (exact) mass is 414 g/mol. The molecule has 158 valence electrons. The van der Waals surface area contributed by atoms with Crippen LogP contribution in [0.25, 0.3) is 10.9 Å². The molecule has 0 unspecified atom stereocenters. The second-order valence-electron chi connectivity index (χ2n) is 8.18. The van der Waals surface area contributed by atoms with Gasteiger partial charge in [0, 0.05) is 55.9 Å². The van der Waals surface area contributed by atoms with Gasteiger partial charge in [-0.3, -0.25) is 9.69 Å². The van der Waals surface area contributed by atoms with Crippen molar-refractivity contribution in [2.45, 2.75) is 20.0 Å². The molecule has 0 spiro atoms. The van der Waals surface area contributed by atoms with E-state index in [-0.39, 0.29) is 5.91 Å². The molecule has 1 fully saturated rings. The Morgan fingerprint density at radius 1 is 0.968 bits per heavy atom. The van der Waals surface area contributed by atoms with E-state index in [1.807, 2.05) is 60.5 Å². The first-order valence-electron chi connectivity index (χ1n) is 10.7. The molecular formula is C25H26N4O2. The van der Waals surface area contributed by atoms with Crippen LogP contribution in [0.4, 0.5) is 0 Å².